The van der Waals surface area contributed by atoms with Crippen molar-refractivity contribution in [1.82, 2.24) is 0 Å². The van der Waals surface area contributed by atoms with Gasteiger partial charge in [-0.2, -0.15) is 0 Å². The van der Waals surface area contributed by atoms with Crippen LogP contribution in [-0.4, -0.2) is 31.8 Å². The van der Waals surface area contributed by atoms with Crippen LogP contribution in [0.1, 0.15) is 20.8 Å². The molecule has 1 aliphatic rings. The molecule has 1 saturated heterocycles. The van der Waals surface area contributed by atoms with Crippen LogP contribution in [0.5, 0.6) is 5.75 Å². The van der Waals surface area contributed by atoms with Gasteiger partial charge in [-0.1, -0.05) is 19.9 Å². The van der Waals surface area contributed by atoms with Crippen molar-refractivity contribution in [3.8, 4) is 5.75 Å². The zero-order valence-electron chi connectivity index (χ0n) is 12.9. The molecule has 0 aliphatic carbocycles. The van der Waals surface area contributed by atoms with E-state index in [1.54, 1.807) is 0 Å². The monoisotopic (exact) mass is 292 g/mol. The second-order valence-electron chi connectivity index (χ2n) is 6.23. The van der Waals surface area contributed by atoms with Crippen LogP contribution >= 0.6 is 0 Å². The second kappa shape index (κ2) is 6.45. The molecule has 21 heavy (non-hydrogen) atoms. The summed E-state index contributed by atoms with van der Waals surface area (Å²) in [4.78, 5) is 12.4. The van der Waals surface area contributed by atoms with E-state index in [0.717, 1.165) is 5.75 Å². The van der Waals surface area contributed by atoms with Crippen molar-refractivity contribution in [1.29, 1.82) is 0 Å². The molecule has 1 aliphatic heterocycles. The minimum atomic E-state index is -0.686. The Balaban J connectivity index is 2.02. The molecule has 0 saturated carbocycles. The normalized spacial score (nSPS) is 25.1. The molecule has 2 unspecified atom stereocenters. The van der Waals surface area contributed by atoms with E-state index in [0.29, 0.717) is 31.4 Å². The van der Waals surface area contributed by atoms with Crippen LogP contribution in [0.4, 0.5) is 5.69 Å². The van der Waals surface area contributed by atoms with Crippen molar-refractivity contribution in [3.63, 3.8) is 0 Å². The summed E-state index contributed by atoms with van der Waals surface area (Å²) >= 11 is 0. The van der Waals surface area contributed by atoms with Gasteiger partial charge in [-0.05, 0) is 25.0 Å². The summed E-state index contributed by atoms with van der Waals surface area (Å²) in [6.07, 6.45) is 0. The molecule has 0 bridgehead atoms. The quantitative estimate of drug-likeness (QED) is 0.871. The zero-order valence-corrected chi connectivity index (χ0v) is 12.9. The van der Waals surface area contributed by atoms with Gasteiger partial charge in [0.25, 0.3) is 0 Å². The first-order chi connectivity index (χ1) is 9.91. The Hall–Kier alpha value is -1.59. The lowest BCUT2D eigenvalue weighted by molar-refractivity contribution is -0.125. The van der Waals surface area contributed by atoms with Crippen LogP contribution in [0.15, 0.2) is 24.3 Å². The van der Waals surface area contributed by atoms with Crippen LogP contribution < -0.4 is 15.8 Å². The Kier molecular flexibility index (Phi) is 4.85. The number of ether oxygens (including phenoxy) is 2. The predicted octanol–water partition coefficient (Wildman–Crippen LogP) is 2.02. The number of benzene rings is 1. The standard InChI is InChI=1S/C16H24N2O3/c1-11(2)8-21-13-6-4-5-12(7-13)18-15(19)16(3)10-20-9-14(16)17/h4-7,11,14H,8-10,17H2,1-3H3,(H,18,19). The number of amides is 1. The van der Waals surface area contributed by atoms with Crippen molar-refractivity contribution in [2.75, 3.05) is 25.1 Å². The summed E-state index contributed by atoms with van der Waals surface area (Å²) in [5.41, 5.74) is 5.99. The van der Waals surface area contributed by atoms with E-state index >= 15 is 0 Å². The molecule has 0 aromatic heterocycles. The molecule has 1 fully saturated rings. The SMILES string of the molecule is CC(C)COc1cccc(NC(=O)C2(C)COCC2N)c1. The molecule has 1 amide bonds. The fourth-order valence-corrected chi connectivity index (χ4v) is 2.12. The van der Waals surface area contributed by atoms with Crippen molar-refractivity contribution < 1.29 is 14.3 Å². The summed E-state index contributed by atoms with van der Waals surface area (Å²) in [5, 5.41) is 2.90. The number of rotatable bonds is 5. The van der Waals surface area contributed by atoms with Gasteiger partial charge >= 0.3 is 0 Å². The maximum absolute atomic E-state index is 12.4. The first-order valence-electron chi connectivity index (χ1n) is 7.29. The smallest absolute Gasteiger partial charge is 0.234 e. The molecule has 116 valence electrons. The highest BCUT2D eigenvalue weighted by molar-refractivity contribution is 5.96. The van der Waals surface area contributed by atoms with E-state index in [9.17, 15) is 4.79 Å². The van der Waals surface area contributed by atoms with Crippen LogP contribution in [0.25, 0.3) is 0 Å². The van der Waals surface area contributed by atoms with Crippen molar-refractivity contribution >= 4 is 11.6 Å². The molecule has 5 nitrogen and oxygen atoms in total. The van der Waals surface area contributed by atoms with Crippen molar-refractivity contribution in [2.45, 2.75) is 26.8 Å². The molecule has 1 heterocycles. The lowest BCUT2D eigenvalue weighted by Crippen LogP contribution is -2.47. The van der Waals surface area contributed by atoms with E-state index in [4.69, 9.17) is 15.2 Å². The summed E-state index contributed by atoms with van der Waals surface area (Å²) < 4.78 is 11.0. The highest BCUT2D eigenvalue weighted by Crippen LogP contribution is 2.29. The van der Waals surface area contributed by atoms with Gasteiger partial charge in [0.2, 0.25) is 5.91 Å². The van der Waals surface area contributed by atoms with Crippen LogP contribution in [0, 0.1) is 11.3 Å². The minimum Gasteiger partial charge on any atom is -0.493 e. The molecule has 3 N–H and O–H groups in total. The maximum atomic E-state index is 12.4. The molecule has 1 aromatic carbocycles. The van der Waals surface area contributed by atoms with Gasteiger partial charge in [-0.25, -0.2) is 0 Å². The van der Waals surface area contributed by atoms with Gasteiger partial charge < -0.3 is 20.5 Å². The van der Waals surface area contributed by atoms with Gasteiger partial charge in [0, 0.05) is 17.8 Å². The van der Waals surface area contributed by atoms with E-state index in [-0.39, 0.29) is 11.9 Å². The summed E-state index contributed by atoms with van der Waals surface area (Å²) in [5.74, 6) is 1.09. The number of nitrogens with one attached hydrogen (secondary N) is 1. The van der Waals surface area contributed by atoms with Crippen LogP contribution in [0.2, 0.25) is 0 Å². The highest BCUT2D eigenvalue weighted by atomic mass is 16.5. The zero-order chi connectivity index (χ0) is 15.5. The van der Waals surface area contributed by atoms with Gasteiger partial charge in [0.15, 0.2) is 0 Å². The van der Waals surface area contributed by atoms with Gasteiger partial charge in [0.1, 0.15) is 5.75 Å². The third-order valence-corrected chi connectivity index (χ3v) is 3.71. The lowest BCUT2D eigenvalue weighted by Gasteiger charge is -2.25. The fourth-order valence-electron chi connectivity index (χ4n) is 2.12. The Bertz CT molecular complexity index is 504. The molecule has 2 rings (SSSR count). The third-order valence-electron chi connectivity index (χ3n) is 3.71. The van der Waals surface area contributed by atoms with Crippen LogP contribution in [-0.2, 0) is 9.53 Å². The molecule has 5 heteroatoms. The van der Waals surface area contributed by atoms with E-state index in [2.05, 4.69) is 19.2 Å². The summed E-state index contributed by atoms with van der Waals surface area (Å²) in [7, 11) is 0. The molecular weight excluding hydrogens is 268 g/mol. The number of anilines is 1. The Morgan fingerprint density at radius 2 is 2.33 bits per heavy atom. The van der Waals surface area contributed by atoms with Crippen molar-refractivity contribution in [3.05, 3.63) is 24.3 Å². The summed E-state index contributed by atoms with van der Waals surface area (Å²) in [6, 6.07) is 7.12. The average Bonchev–Trinajstić information content (AvgIpc) is 2.78. The molecular formula is C16H24N2O3. The second-order valence-corrected chi connectivity index (χ2v) is 6.23. The molecule has 0 spiro atoms. The van der Waals surface area contributed by atoms with Gasteiger partial charge in [-0.15, -0.1) is 0 Å². The topological polar surface area (TPSA) is 73.6 Å². The Morgan fingerprint density at radius 1 is 1.57 bits per heavy atom. The Labute approximate surface area is 125 Å². The number of hydrogen-bond acceptors (Lipinski definition) is 4. The lowest BCUT2D eigenvalue weighted by atomic mass is 9.85. The fraction of sp³-hybridized carbons (Fsp3) is 0.562. The number of hydrogen-bond donors (Lipinski definition) is 2. The van der Waals surface area contributed by atoms with Crippen LogP contribution in [0.3, 0.4) is 0 Å². The van der Waals surface area contributed by atoms with Crippen molar-refractivity contribution in [2.24, 2.45) is 17.1 Å². The highest BCUT2D eigenvalue weighted by Gasteiger charge is 2.44. The predicted molar refractivity (Wildman–Crippen MR) is 82.3 cm³/mol. The van der Waals surface area contributed by atoms with E-state index in [1.807, 2.05) is 31.2 Å². The van der Waals surface area contributed by atoms with E-state index < -0.39 is 5.41 Å². The van der Waals surface area contributed by atoms with Gasteiger partial charge in [-0.3, -0.25) is 4.79 Å². The first kappa shape index (κ1) is 15.8. The Morgan fingerprint density at radius 3 is 2.95 bits per heavy atom. The number of carbonyl (C=O) groups is 1. The number of carbonyl (C=O) groups excluding carboxylic acids is 1. The molecule has 2 atom stereocenters. The third kappa shape index (κ3) is 3.74. The molecule has 0 radical (unpaired) electrons. The molecule has 1 aromatic rings. The average molecular weight is 292 g/mol. The maximum Gasteiger partial charge on any atom is 0.234 e. The minimum absolute atomic E-state index is 0.117. The summed E-state index contributed by atoms with van der Waals surface area (Å²) in [6.45, 7) is 7.43. The van der Waals surface area contributed by atoms with Gasteiger partial charge in [0.05, 0.1) is 25.2 Å². The largest absolute Gasteiger partial charge is 0.493 e. The van der Waals surface area contributed by atoms with E-state index in [1.165, 1.54) is 0 Å². The number of nitrogens with two attached hydrogens (primary N) is 1. The first-order valence-corrected chi connectivity index (χ1v) is 7.29.